The molecule has 0 radical (unpaired) electrons. The van der Waals surface area contributed by atoms with Crippen LogP contribution >= 0.6 is 0 Å². The van der Waals surface area contributed by atoms with Gasteiger partial charge in [-0.25, -0.2) is 0 Å². The molecule has 2 bridgehead atoms. The summed E-state index contributed by atoms with van der Waals surface area (Å²) in [6.07, 6.45) is 1.61. The zero-order valence-electron chi connectivity index (χ0n) is 16.1. The number of allylic oxidation sites excluding steroid dienone is 2. The van der Waals surface area contributed by atoms with Crippen molar-refractivity contribution in [1.82, 2.24) is 0 Å². The van der Waals surface area contributed by atoms with Crippen molar-refractivity contribution in [2.45, 2.75) is 33.6 Å². The van der Waals surface area contributed by atoms with Gasteiger partial charge in [-0.3, -0.25) is 14.4 Å². The third-order valence-corrected chi connectivity index (χ3v) is 6.16. The second-order valence-electron chi connectivity index (χ2n) is 7.93. The number of rotatable bonds is 4. The molecule has 0 saturated heterocycles. The lowest BCUT2D eigenvalue weighted by Gasteiger charge is -2.26. The fourth-order valence-corrected chi connectivity index (χ4v) is 5.16. The molecule has 0 unspecified atom stereocenters. The molecule has 28 heavy (non-hydrogen) atoms. The minimum Gasteiger partial charge on any atom is -0.481 e. The number of carboxylic acids is 1. The molecule has 0 spiro atoms. The molecule has 1 aromatic carbocycles. The van der Waals surface area contributed by atoms with Gasteiger partial charge in [-0.1, -0.05) is 11.1 Å². The van der Waals surface area contributed by atoms with E-state index in [1.807, 2.05) is 13.8 Å². The molecule has 2 aliphatic carbocycles. The highest BCUT2D eigenvalue weighted by atomic mass is 16.7. The van der Waals surface area contributed by atoms with Gasteiger partial charge in [0.25, 0.3) is 0 Å². The first-order chi connectivity index (χ1) is 13.3. The van der Waals surface area contributed by atoms with E-state index in [0.29, 0.717) is 22.7 Å². The Balaban J connectivity index is 1.68. The fraction of sp³-hybridized carbons (Fsp3) is 0.476. The van der Waals surface area contributed by atoms with Gasteiger partial charge in [-0.15, -0.1) is 0 Å². The molecule has 148 valence electrons. The van der Waals surface area contributed by atoms with E-state index in [9.17, 15) is 19.5 Å². The number of hydrogen-bond donors (Lipinski definition) is 2. The summed E-state index contributed by atoms with van der Waals surface area (Å²) in [5.41, 5.74) is 2.86. The van der Waals surface area contributed by atoms with Crippen LogP contribution in [0, 0.1) is 23.7 Å². The predicted molar refractivity (Wildman–Crippen MR) is 100 cm³/mol. The SMILES string of the molecule is CC(=O)c1cc2c(cc1NC(=O)[C@@H]1[C@H](C(=O)O)[C@H]3CC[C@H]1C3=C(C)C)OCO2. The zero-order chi connectivity index (χ0) is 20.2. The van der Waals surface area contributed by atoms with Gasteiger partial charge in [0.15, 0.2) is 17.3 Å². The van der Waals surface area contributed by atoms with E-state index in [1.165, 1.54) is 6.92 Å². The van der Waals surface area contributed by atoms with Crippen molar-refractivity contribution < 1.29 is 29.0 Å². The van der Waals surface area contributed by atoms with Crippen molar-refractivity contribution in [1.29, 1.82) is 0 Å². The molecule has 7 nitrogen and oxygen atoms in total. The highest BCUT2D eigenvalue weighted by molar-refractivity contribution is 6.06. The van der Waals surface area contributed by atoms with Crippen LogP contribution in [0.25, 0.3) is 0 Å². The third-order valence-electron chi connectivity index (χ3n) is 6.16. The number of nitrogens with one attached hydrogen (secondary N) is 1. The number of anilines is 1. The second-order valence-corrected chi connectivity index (χ2v) is 7.93. The van der Waals surface area contributed by atoms with Crippen LogP contribution in [0.5, 0.6) is 11.5 Å². The fourth-order valence-electron chi connectivity index (χ4n) is 5.16. The van der Waals surface area contributed by atoms with Crippen LogP contribution < -0.4 is 14.8 Å². The first-order valence-corrected chi connectivity index (χ1v) is 9.45. The van der Waals surface area contributed by atoms with Gasteiger partial charge in [0.2, 0.25) is 12.7 Å². The van der Waals surface area contributed by atoms with Crippen molar-refractivity contribution in [2.75, 3.05) is 12.1 Å². The molecule has 1 aliphatic heterocycles. The molecule has 4 rings (SSSR count). The van der Waals surface area contributed by atoms with E-state index in [0.717, 1.165) is 24.0 Å². The number of hydrogen-bond acceptors (Lipinski definition) is 5. The molecule has 1 aromatic rings. The number of ketones is 1. The Bertz CT molecular complexity index is 914. The van der Waals surface area contributed by atoms with Gasteiger partial charge in [0.05, 0.1) is 17.5 Å². The minimum atomic E-state index is -0.941. The number of Topliss-reactive ketones (excluding diaryl/α,β-unsaturated/α-hetero) is 1. The normalized spacial score (nSPS) is 27.0. The topological polar surface area (TPSA) is 102 Å². The van der Waals surface area contributed by atoms with Gasteiger partial charge in [-0.2, -0.15) is 0 Å². The molecule has 2 fully saturated rings. The molecule has 2 saturated carbocycles. The van der Waals surface area contributed by atoms with Crippen LogP contribution in [0.1, 0.15) is 44.0 Å². The van der Waals surface area contributed by atoms with Crippen LogP contribution in [0.15, 0.2) is 23.3 Å². The van der Waals surface area contributed by atoms with E-state index in [-0.39, 0.29) is 30.3 Å². The van der Waals surface area contributed by atoms with Crippen LogP contribution in [-0.2, 0) is 9.59 Å². The molecule has 7 heteroatoms. The summed E-state index contributed by atoms with van der Waals surface area (Å²) in [6.45, 7) is 5.42. The quantitative estimate of drug-likeness (QED) is 0.609. The van der Waals surface area contributed by atoms with Gasteiger partial charge in [0, 0.05) is 11.6 Å². The molecule has 4 atom stereocenters. The Kier molecular flexibility index (Phi) is 4.40. The zero-order valence-corrected chi connectivity index (χ0v) is 16.1. The van der Waals surface area contributed by atoms with Gasteiger partial charge >= 0.3 is 5.97 Å². The Hall–Kier alpha value is -2.83. The van der Waals surface area contributed by atoms with Gasteiger partial charge < -0.3 is 19.9 Å². The molecule has 0 aromatic heterocycles. The summed E-state index contributed by atoms with van der Waals surface area (Å²) in [6, 6.07) is 3.12. The number of carbonyl (C=O) groups is 3. The maximum Gasteiger partial charge on any atom is 0.307 e. The summed E-state index contributed by atoms with van der Waals surface area (Å²) in [5, 5.41) is 12.6. The highest BCUT2D eigenvalue weighted by Crippen LogP contribution is 2.57. The lowest BCUT2D eigenvalue weighted by atomic mass is 9.78. The molecular weight excluding hydrogens is 362 g/mol. The number of carbonyl (C=O) groups excluding carboxylic acids is 2. The molecule has 2 N–H and O–H groups in total. The first-order valence-electron chi connectivity index (χ1n) is 9.45. The number of aliphatic carboxylic acids is 1. The van der Waals surface area contributed by atoms with Crippen LogP contribution in [0.3, 0.4) is 0 Å². The van der Waals surface area contributed by atoms with Gasteiger partial charge in [-0.05, 0) is 51.5 Å². The van der Waals surface area contributed by atoms with Crippen LogP contribution in [0.4, 0.5) is 5.69 Å². The number of ether oxygens (including phenoxy) is 2. The number of fused-ring (bicyclic) bond motifs is 3. The number of carboxylic acid groups (broad SMARTS) is 1. The Morgan fingerprint density at radius 1 is 1.00 bits per heavy atom. The standard InChI is InChI=1S/C21H23NO6/c1-9(2)17-11-4-5-12(17)19(21(25)26)18(11)20(24)22-14-7-16-15(27-8-28-16)6-13(14)10(3)23/h6-7,11-12,18-19H,4-5,8H2,1-3H3,(H,22,24)(H,25,26)/t11-,12-,18-,19+/m0/s1. The number of benzene rings is 1. The van der Waals surface area contributed by atoms with E-state index in [2.05, 4.69) is 5.32 Å². The summed E-state index contributed by atoms with van der Waals surface area (Å²) < 4.78 is 10.7. The maximum atomic E-state index is 13.2. The van der Waals surface area contributed by atoms with E-state index >= 15 is 0 Å². The van der Waals surface area contributed by atoms with Crippen molar-refractivity contribution in [2.24, 2.45) is 23.7 Å². The molecular formula is C21H23NO6. The Labute approximate surface area is 162 Å². The highest BCUT2D eigenvalue weighted by Gasteiger charge is 2.57. The van der Waals surface area contributed by atoms with E-state index < -0.39 is 17.8 Å². The summed E-state index contributed by atoms with van der Waals surface area (Å²) in [5.74, 6) is -2.15. The average molecular weight is 385 g/mol. The Morgan fingerprint density at radius 2 is 1.61 bits per heavy atom. The van der Waals surface area contributed by atoms with Gasteiger partial charge in [0.1, 0.15) is 0 Å². The van der Waals surface area contributed by atoms with Crippen molar-refractivity contribution in [3.05, 3.63) is 28.8 Å². The maximum absolute atomic E-state index is 13.2. The predicted octanol–water partition coefficient (Wildman–Crippen LogP) is 3.25. The van der Waals surface area contributed by atoms with Crippen LogP contribution in [0.2, 0.25) is 0 Å². The van der Waals surface area contributed by atoms with E-state index in [1.54, 1.807) is 12.1 Å². The summed E-state index contributed by atoms with van der Waals surface area (Å²) in [7, 11) is 0. The molecule has 3 aliphatic rings. The molecule has 1 amide bonds. The second kappa shape index (κ2) is 6.65. The van der Waals surface area contributed by atoms with Crippen LogP contribution in [-0.4, -0.2) is 29.6 Å². The third kappa shape index (κ3) is 2.77. The van der Waals surface area contributed by atoms with Crippen molar-refractivity contribution in [3.8, 4) is 11.5 Å². The summed E-state index contributed by atoms with van der Waals surface area (Å²) >= 11 is 0. The number of amides is 1. The van der Waals surface area contributed by atoms with Crippen molar-refractivity contribution >= 4 is 23.3 Å². The average Bonchev–Trinajstić information content (AvgIpc) is 3.32. The lowest BCUT2D eigenvalue weighted by molar-refractivity contribution is -0.148. The Morgan fingerprint density at radius 3 is 2.18 bits per heavy atom. The van der Waals surface area contributed by atoms with E-state index in [4.69, 9.17) is 9.47 Å². The monoisotopic (exact) mass is 385 g/mol. The summed E-state index contributed by atoms with van der Waals surface area (Å²) in [4.78, 5) is 37.2. The lowest BCUT2D eigenvalue weighted by Crippen LogP contribution is -2.38. The minimum absolute atomic E-state index is 0.0570. The van der Waals surface area contributed by atoms with Crippen molar-refractivity contribution in [3.63, 3.8) is 0 Å². The smallest absolute Gasteiger partial charge is 0.307 e. The largest absolute Gasteiger partial charge is 0.481 e. The molecule has 1 heterocycles. The first kappa shape index (κ1) is 18.5.